The predicted octanol–water partition coefficient (Wildman–Crippen LogP) is 2.61. The van der Waals surface area contributed by atoms with Crippen molar-refractivity contribution < 1.29 is 19.7 Å². The van der Waals surface area contributed by atoms with Gasteiger partial charge in [-0.1, -0.05) is 60.7 Å². The molecule has 1 heterocycles. The smallest absolute Gasteiger partial charge is 0.128 e. The highest BCUT2D eigenvalue weighted by molar-refractivity contribution is 5.15. The molecule has 0 fully saturated rings. The number of aliphatic hydroxyl groups is 2. The highest BCUT2D eigenvalue weighted by Crippen LogP contribution is 2.26. The average molecular weight is 368 g/mol. The van der Waals surface area contributed by atoms with E-state index in [1.54, 1.807) is 12.5 Å². The summed E-state index contributed by atoms with van der Waals surface area (Å²) in [5.74, 6) is 0. The molecule has 0 saturated heterocycles. The van der Waals surface area contributed by atoms with E-state index in [2.05, 4.69) is 9.97 Å². The molecule has 0 spiro atoms. The summed E-state index contributed by atoms with van der Waals surface area (Å²) in [6.45, 7) is 0.203. The second-order valence-corrected chi connectivity index (χ2v) is 6.24. The zero-order valence-electron chi connectivity index (χ0n) is 14.9. The van der Waals surface area contributed by atoms with Crippen molar-refractivity contribution in [1.82, 2.24) is 9.97 Å². The molecule has 6 heteroatoms. The number of rotatable bonds is 10. The van der Waals surface area contributed by atoms with E-state index >= 15 is 0 Å². The van der Waals surface area contributed by atoms with Crippen molar-refractivity contribution in [3.63, 3.8) is 0 Å². The van der Waals surface area contributed by atoms with Gasteiger partial charge in [-0.25, -0.2) is 4.98 Å². The minimum Gasteiger partial charge on any atom is -0.394 e. The number of nitrogens with zero attached hydrogens (tertiary/aromatic N) is 1. The van der Waals surface area contributed by atoms with Crippen LogP contribution in [0.3, 0.4) is 0 Å². The van der Waals surface area contributed by atoms with Gasteiger partial charge in [0.05, 0.1) is 38.0 Å². The molecule has 27 heavy (non-hydrogen) atoms. The first kappa shape index (κ1) is 19.3. The minimum absolute atomic E-state index is 0.294. The number of aliphatic hydroxyl groups excluding tert-OH is 2. The number of hydrogen-bond acceptors (Lipinski definition) is 5. The Morgan fingerprint density at radius 1 is 0.889 bits per heavy atom. The fourth-order valence-corrected chi connectivity index (χ4v) is 2.81. The summed E-state index contributed by atoms with van der Waals surface area (Å²) in [4.78, 5) is 7.07. The summed E-state index contributed by atoms with van der Waals surface area (Å²) >= 11 is 0. The van der Waals surface area contributed by atoms with E-state index < -0.39 is 24.9 Å². The van der Waals surface area contributed by atoms with Crippen molar-refractivity contribution in [2.75, 3.05) is 6.61 Å². The second-order valence-electron chi connectivity index (χ2n) is 6.24. The van der Waals surface area contributed by atoms with Crippen LogP contribution in [0.1, 0.15) is 22.9 Å². The maximum absolute atomic E-state index is 10.4. The van der Waals surface area contributed by atoms with Crippen LogP contribution in [0.4, 0.5) is 0 Å². The SMILES string of the molecule is OC[C@H](O)[C@@H](OCc1ccccc1)[C@@H](OCc1ccccc1)c1cnc[nH]1. The van der Waals surface area contributed by atoms with Gasteiger partial charge < -0.3 is 24.7 Å². The fraction of sp³-hybridized carbons (Fsp3) is 0.286. The van der Waals surface area contributed by atoms with Crippen LogP contribution in [0.25, 0.3) is 0 Å². The van der Waals surface area contributed by atoms with Gasteiger partial charge in [0, 0.05) is 0 Å². The zero-order chi connectivity index (χ0) is 18.9. The van der Waals surface area contributed by atoms with E-state index in [1.165, 1.54) is 0 Å². The Morgan fingerprint density at radius 2 is 1.48 bits per heavy atom. The molecule has 6 nitrogen and oxygen atoms in total. The maximum atomic E-state index is 10.4. The first-order chi connectivity index (χ1) is 13.3. The van der Waals surface area contributed by atoms with E-state index in [0.29, 0.717) is 18.9 Å². The van der Waals surface area contributed by atoms with E-state index in [-0.39, 0.29) is 0 Å². The maximum Gasteiger partial charge on any atom is 0.128 e. The molecule has 0 radical (unpaired) electrons. The Kier molecular flexibility index (Phi) is 7.12. The van der Waals surface area contributed by atoms with Gasteiger partial charge in [0.15, 0.2) is 0 Å². The Labute approximate surface area is 158 Å². The molecular formula is C21H24N2O4. The van der Waals surface area contributed by atoms with Crippen LogP contribution in [0, 0.1) is 0 Å². The number of benzene rings is 2. The first-order valence-electron chi connectivity index (χ1n) is 8.86. The standard InChI is InChI=1S/C21H24N2O4/c24-12-19(25)21(27-14-17-9-5-2-6-10-17)20(18-11-22-15-23-18)26-13-16-7-3-1-4-8-16/h1-11,15,19-21,24-25H,12-14H2,(H,22,23)/t19-,20-,21+/m0/s1. The number of imidazole rings is 1. The number of aromatic amines is 1. The van der Waals surface area contributed by atoms with Gasteiger partial charge in [-0.15, -0.1) is 0 Å². The molecule has 0 aliphatic rings. The van der Waals surface area contributed by atoms with E-state index in [0.717, 1.165) is 11.1 Å². The molecule has 0 unspecified atom stereocenters. The average Bonchev–Trinajstić information content (AvgIpc) is 3.26. The Bertz CT molecular complexity index is 765. The number of H-pyrrole nitrogens is 1. The van der Waals surface area contributed by atoms with Crippen molar-refractivity contribution >= 4 is 0 Å². The molecule has 3 aromatic rings. The molecule has 3 atom stereocenters. The highest BCUT2D eigenvalue weighted by atomic mass is 16.5. The molecule has 0 aliphatic heterocycles. The van der Waals surface area contributed by atoms with E-state index in [9.17, 15) is 10.2 Å². The van der Waals surface area contributed by atoms with Crippen LogP contribution in [-0.4, -0.2) is 39.0 Å². The molecule has 0 aliphatic carbocycles. The van der Waals surface area contributed by atoms with Crippen molar-refractivity contribution in [3.05, 3.63) is 90.0 Å². The normalized spacial score (nSPS) is 14.6. The number of ether oxygens (including phenoxy) is 2. The van der Waals surface area contributed by atoms with Gasteiger partial charge >= 0.3 is 0 Å². The third-order valence-electron chi connectivity index (χ3n) is 4.25. The fourth-order valence-electron chi connectivity index (χ4n) is 2.81. The molecule has 0 saturated carbocycles. The van der Waals surface area contributed by atoms with Gasteiger partial charge in [-0.3, -0.25) is 0 Å². The van der Waals surface area contributed by atoms with Crippen LogP contribution in [0.15, 0.2) is 73.2 Å². The Balaban J connectivity index is 1.76. The minimum atomic E-state index is -1.10. The number of nitrogens with one attached hydrogen (secondary N) is 1. The van der Waals surface area contributed by atoms with Crippen LogP contribution in [0.2, 0.25) is 0 Å². The lowest BCUT2D eigenvalue weighted by Crippen LogP contribution is -2.38. The number of aromatic nitrogens is 2. The lowest BCUT2D eigenvalue weighted by atomic mass is 10.1. The molecular weight excluding hydrogens is 344 g/mol. The van der Waals surface area contributed by atoms with Gasteiger partial charge in [0.2, 0.25) is 0 Å². The predicted molar refractivity (Wildman–Crippen MR) is 101 cm³/mol. The molecule has 2 aromatic carbocycles. The summed E-state index contributed by atoms with van der Waals surface area (Å²) in [6.07, 6.45) is 0.711. The quantitative estimate of drug-likeness (QED) is 0.512. The van der Waals surface area contributed by atoms with Gasteiger partial charge in [0.25, 0.3) is 0 Å². The number of hydrogen-bond donors (Lipinski definition) is 3. The van der Waals surface area contributed by atoms with Crippen molar-refractivity contribution in [2.45, 2.75) is 31.5 Å². The van der Waals surface area contributed by atoms with Crippen molar-refractivity contribution in [3.8, 4) is 0 Å². The third-order valence-corrected chi connectivity index (χ3v) is 4.25. The zero-order valence-corrected chi connectivity index (χ0v) is 14.9. The molecule has 0 amide bonds. The second kappa shape index (κ2) is 9.99. The summed E-state index contributed by atoms with van der Waals surface area (Å²) in [5.41, 5.74) is 2.65. The van der Waals surface area contributed by atoms with E-state index in [1.807, 2.05) is 60.7 Å². The Hall–Kier alpha value is -2.51. The van der Waals surface area contributed by atoms with Crippen LogP contribution in [0.5, 0.6) is 0 Å². The topological polar surface area (TPSA) is 87.6 Å². The largest absolute Gasteiger partial charge is 0.394 e. The molecule has 3 N–H and O–H groups in total. The Morgan fingerprint density at radius 3 is 2.00 bits per heavy atom. The third kappa shape index (κ3) is 5.48. The van der Waals surface area contributed by atoms with Gasteiger partial charge in [-0.2, -0.15) is 0 Å². The summed E-state index contributed by atoms with van der Waals surface area (Å²) in [5, 5.41) is 19.9. The van der Waals surface area contributed by atoms with Crippen molar-refractivity contribution in [2.24, 2.45) is 0 Å². The van der Waals surface area contributed by atoms with Crippen LogP contribution >= 0.6 is 0 Å². The summed E-state index contributed by atoms with van der Waals surface area (Å²) in [6, 6.07) is 19.4. The first-order valence-corrected chi connectivity index (χ1v) is 8.86. The highest BCUT2D eigenvalue weighted by Gasteiger charge is 2.32. The molecule has 1 aromatic heterocycles. The van der Waals surface area contributed by atoms with E-state index in [4.69, 9.17) is 9.47 Å². The molecule has 3 rings (SSSR count). The van der Waals surface area contributed by atoms with Crippen molar-refractivity contribution in [1.29, 1.82) is 0 Å². The summed E-state index contributed by atoms with van der Waals surface area (Å²) < 4.78 is 12.1. The lowest BCUT2D eigenvalue weighted by molar-refractivity contribution is -0.144. The molecule has 0 bridgehead atoms. The summed E-state index contributed by atoms with van der Waals surface area (Å²) in [7, 11) is 0. The lowest BCUT2D eigenvalue weighted by Gasteiger charge is -2.29. The van der Waals surface area contributed by atoms with Gasteiger partial charge in [0.1, 0.15) is 18.3 Å². The monoisotopic (exact) mass is 368 g/mol. The molecule has 142 valence electrons. The van der Waals surface area contributed by atoms with Crippen LogP contribution in [-0.2, 0) is 22.7 Å². The van der Waals surface area contributed by atoms with Gasteiger partial charge in [-0.05, 0) is 11.1 Å². The van der Waals surface area contributed by atoms with Crippen LogP contribution < -0.4 is 0 Å².